The Morgan fingerprint density at radius 1 is 0.767 bits per heavy atom. The third-order valence-corrected chi connectivity index (χ3v) is 5.77. The first-order valence-corrected chi connectivity index (χ1v) is 11.5. The number of nitrogens with zero attached hydrogens (tertiary/aromatic N) is 1. The zero-order chi connectivity index (χ0) is 21.2. The van der Waals surface area contributed by atoms with Crippen molar-refractivity contribution in [3.05, 3.63) is 83.7 Å². The van der Waals surface area contributed by atoms with Crippen molar-refractivity contribution in [2.24, 2.45) is 0 Å². The molecule has 1 heterocycles. The van der Waals surface area contributed by atoms with E-state index in [0.717, 1.165) is 17.9 Å². The minimum absolute atomic E-state index is 0.290. The number of aromatic nitrogens is 1. The summed E-state index contributed by atoms with van der Waals surface area (Å²) in [6.07, 6.45) is 9.81. The van der Waals surface area contributed by atoms with Gasteiger partial charge in [0.2, 0.25) is 0 Å². The standard InChI is InChI=1S/C28H35NO/c1-4-6-7-8-9-10-23-11-20-28(29-21-23)22(3)24-12-14-25(15-13-24)26-16-18-27(19-17-26)30-5-2/h11-22H,4-10H2,1-3H3. The normalized spacial score (nSPS) is 12.0. The fourth-order valence-electron chi connectivity index (χ4n) is 3.82. The molecular formula is C28H35NO. The number of hydrogen-bond acceptors (Lipinski definition) is 2. The van der Waals surface area contributed by atoms with Crippen molar-refractivity contribution < 1.29 is 4.74 Å². The van der Waals surface area contributed by atoms with Crippen molar-refractivity contribution >= 4 is 0 Å². The van der Waals surface area contributed by atoms with Gasteiger partial charge in [0.15, 0.2) is 0 Å². The molecule has 30 heavy (non-hydrogen) atoms. The van der Waals surface area contributed by atoms with Gasteiger partial charge in [-0.05, 0) is 60.2 Å². The first-order chi connectivity index (χ1) is 14.7. The third-order valence-electron chi connectivity index (χ3n) is 5.77. The lowest BCUT2D eigenvalue weighted by Gasteiger charge is -2.13. The average molecular weight is 402 g/mol. The molecular weight excluding hydrogens is 366 g/mol. The summed E-state index contributed by atoms with van der Waals surface area (Å²) in [6.45, 7) is 7.20. The second-order valence-corrected chi connectivity index (χ2v) is 8.06. The number of unbranched alkanes of at least 4 members (excludes halogenated alkanes) is 4. The predicted molar refractivity (Wildman–Crippen MR) is 127 cm³/mol. The monoisotopic (exact) mass is 401 g/mol. The van der Waals surface area contributed by atoms with Crippen molar-refractivity contribution in [2.75, 3.05) is 6.61 Å². The van der Waals surface area contributed by atoms with Crippen LogP contribution in [0.3, 0.4) is 0 Å². The highest BCUT2D eigenvalue weighted by atomic mass is 16.5. The van der Waals surface area contributed by atoms with E-state index in [1.807, 2.05) is 19.1 Å². The van der Waals surface area contributed by atoms with Crippen molar-refractivity contribution in [1.29, 1.82) is 0 Å². The summed E-state index contributed by atoms with van der Waals surface area (Å²) in [4.78, 5) is 4.76. The highest BCUT2D eigenvalue weighted by Gasteiger charge is 2.10. The van der Waals surface area contributed by atoms with Gasteiger partial charge in [-0.3, -0.25) is 4.98 Å². The highest BCUT2D eigenvalue weighted by molar-refractivity contribution is 5.64. The molecule has 1 aromatic heterocycles. The van der Waals surface area contributed by atoms with Crippen LogP contribution in [0, 0.1) is 0 Å². The first-order valence-electron chi connectivity index (χ1n) is 11.5. The van der Waals surface area contributed by atoms with Crippen molar-refractivity contribution in [1.82, 2.24) is 4.98 Å². The molecule has 2 heteroatoms. The molecule has 1 atom stereocenters. The molecule has 0 fully saturated rings. The van der Waals surface area contributed by atoms with Gasteiger partial charge in [0.25, 0.3) is 0 Å². The van der Waals surface area contributed by atoms with Crippen LogP contribution in [0.4, 0.5) is 0 Å². The summed E-state index contributed by atoms with van der Waals surface area (Å²) in [7, 11) is 0. The van der Waals surface area contributed by atoms with Gasteiger partial charge in [0.05, 0.1) is 6.61 Å². The maximum absolute atomic E-state index is 5.53. The SMILES string of the molecule is CCCCCCCc1ccc(C(C)c2ccc(-c3ccc(OCC)cc3)cc2)nc1. The van der Waals surface area contributed by atoms with E-state index in [4.69, 9.17) is 9.72 Å². The van der Waals surface area contributed by atoms with E-state index in [2.05, 4.69) is 68.6 Å². The van der Waals surface area contributed by atoms with Crippen LogP contribution in [-0.4, -0.2) is 11.6 Å². The smallest absolute Gasteiger partial charge is 0.119 e. The lowest BCUT2D eigenvalue weighted by molar-refractivity contribution is 0.340. The van der Waals surface area contributed by atoms with E-state index in [-0.39, 0.29) is 5.92 Å². The Labute approximate surface area is 182 Å². The van der Waals surface area contributed by atoms with Gasteiger partial charge in [-0.25, -0.2) is 0 Å². The molecule has 3 aromatic rings. The highest BCUT2D eigenvalue weighted by Crippen LogP contribution is 2.27. The summed E-state index contributed by atoms with van der Waals surface area (Å²) < 4.78 is 5.53. The Bertz CT molecular complexity index is 866. The van der Waals surface area contributed by atoms with Crippen molar-refractivity contribution in [3.8, 4) is 16.9 Å². The molecule has 2 nitrogen and oxygen atoms in total. The average Bonchev–Trinajstić information content (AvgIpc) is 2.80. The maximum atomic E-state index is 5.53. The topological polar surface area (TPSA) is 22.1 Å². The molecule has 158 valence electrons. The lowest BCUT2D eigenvalue weighted by Crippen LogP contribution is -2.00. The van der Waals surface area contributed by atoms with E-state index in [1.54, 1.807) is 0 Å². The molecule has 0 bridgehead atoms. The zero-order valence-corrected chi connectivity index (χ0v) is 18.7. The number of aryl methyl sites for hydroxylation is 1. The molecule has 1 unspecified atom stereocenters. The molecule has 0 saturated carbocycles. The molecule has 0 radical (unpaired) electrons. The van der Waals surface area contributed by atoms with E-state index in [1.165, 1.54) is 54.4 Å². The van der Waals surface area contributed by atoms with Crippen LogP contribution >= 0.6 is 0 Å². The first kappa shape index (κ1) is 22.1. The molecule has 0 aliphatic heterocycles. The fourth-order valence-corrected chi connectivity index (χ4v) is 3.82. The Kier molecular flexibility index (Phi) is 8.50. The van der Waals surface area contributed by atoms with Gasteiger partial charge >= 0.3 is 0 Å². The van der Waals surface area contributed by atoms with Crippen molar-refractivity contribution in [3.63, 3.8) is 0 Å². The van der Waals surface area contributed by atoms with E-state index in [0.29, 0.717) is 6.61 Å². The molecule has 0 aliphatic carbocycles. The summed E-state index contributed by atoms with van der Waals surface area (Å²) in [5.41, 5.74) is 6.22. The number of ether oxygens (including phenoxy) is 1. The van der Waals surface area contributed by atoms with Gasteiger partial charge < -0.3 is 4.74 Å². The molecule has 0 aliphatic rings. The molecule has 3 rings (SSSR count). The van der Waals surface area contributed by atoms with Crippen LogP contribution in [0.1, 0.15) is 75.6 Å². The summed E-state index contributed by atoms with van der Waals surface area (Å²) in [6, 6.07) is 21.6. The van der Waals surface area contributed by atoms with Gasteiger partial charge in [-0.2, -0.15) is 0 Å². The summed E-state index contributed by atoms with van der Waals surface area (Å²) >= 11 is 0. The summed E-state index contributed by atoms with van der Waals surface area (Å²) in [5.74, 6) is 1.21. The summed E-state index contributed by atoms with van der Waals surface area (Å²) in [5, 5.41) is 0. The third kappa shape index (κ3) is 6.19. The van der Waals surface area contributed by atoms with Crippen LogP contribution in [0.15, 0.2) is 66.9 Å². The zero-order valence-electron chi connectivity index (χ0n) is 18.7. The van der Waals surface area contributed by atoms with Gasteiger partial charge in [0.1, 0.15) is 5.75 Å². The van der Waals surface area contributed by atoms with Crippen LogP contribution < -0.4 is 4.74 Å². The van der Waals surface area contributed by atoms with E-state index in [9.17, 15) is 0 Å². The number of benzene rings is 2. The van der Waals surface area contributed by atoms with Crippen LogP contribution in [0.5, 0.6) is 5.75 Å². The quantitative estimate of drug-likeness (QED) is 0.306. The van der Waals surface area contributed by atoms with Gasteiger partial charge in [-0.1, -0.05) is 82.0 Å². The maximum Gasteiger partial charge on any atom is 0.119 e. The number of pyridine rings is 1. The van der Waals surface area contributed by atoms with E-state index < -0.39 is 0 Å². The second kappa shape index (κ2) is 11.5. The molecule has 2 aromatic carbocycles. The predicted octanol–water partition coefficient (Wildman–Crippen LogP) is 7.81. The number of rotatable bonds is 11. The van der Waals surface area contributed by atoms with E-state index >= 15 is 0 Å². The Morgan fingerprint density at radius 3 is 2.03 bits per heavy atom. The molecule has 0 amide bonds. The number of hydrogen-bond donors (Lipinski definition) is 0. The second-order valence-electron chi connectivity index (χ2n) is 8.06. The minimum Gasteiger partial charge on any atom is -0.494 e. The molecule has 0 N–H and O–H groups in total. The Balaban J connectivity index is 1.59. The molecule has 0 saturated heterocycles. The Morgan fingerprint density at radius 2 is 1.43 bits per heavy atom. The van der Waals surface area contributed by atoms with Gasteiger partial charge in [0, 0.05) is 17.8 Å². The van der Waals surface area contributed by atoms with Gasteiger partial charge in [-0.15, -0.1) is 0 Å². The molecule has 0 spiro atoms. The fraction of sp³-hybridized carbons (Fsp3) is 0.393. The lowest BCUT2D eigenvalue weighted by atomic mass is 9.94. The van der Waals surface area contributed by atoms with Crippen molar-refractivity contribution in [2.45, 2.75) is 65.2 Å². The minimum atomic E-state index is 0.290. The largest absolute Gasteiger partial charge is 0.494 e. The van der Waals surface area contributed by atoms with Crippen LogP contribution in [0.25, 0.3) is 11.1 Å². The van der Waals surface area contributed by atoms with Crippen LogP contribution in [-0.2, 0) is 6.42 Å². The van der Waals surface area contributed by atoms with Crippen LogP contribution in [0.2, 0.25) is 0 Å². The Hall–Kier alpha value is -2.61.